The van der Waals surface area contributed by atoms with Crippen molar-refractivity contribution in [3.8, 4) is 11.5 Å². The van der Waals surface area contributed by atoms with Crippen LogP contribution in [0.1, 0.15) is 11.1 Å². The van der Waals surface area contributed by atoms with Crippen molar-refractivity contribution >= 4 is 36.5 Å². The van der Waals surface area contributed by atoms with Gasteiger partial charge < -0.3 is 0 Å². The molecule has 0 fully saturated rings. The Bertz CT molecular complexity index is 923. The van der Waals surface area contributed by atoms with Crippen LogP contribution in [0.15, 0.2) is 78.9 Å². The first-order valence-electron chi connectivity index (χ1n) is 9.65. The van der Waals surface area contributed by atoms with Gasteiger partial charge >= 0.3 is 190 Å². The van der Waals surface area contributed by atoms with Crippen LogP contribution in [-0.4, -0.2) is 46.2 Å². The average Bonchev–Trinajstić information content (AvgIpc) is 2.78. The molecule has 6 nitrogen and oxygen atoms in total. The molecule has 0 aromatic heterocycles. The van der Waals surface area contributed by atoms with Gasteiger partial charge in [-0.15, -0.1) is 0 Å². The molecule has 0 aliphatic heterocycles. The molecule has 0 saturated carbocycles. The van der Waals surface area contributed by atoms with Crippen LogP contribution in [0.4, 0.5) is 0 Å². The van der Waals surface area contributed by atoms with E-state index >= 15 is 0 Å². The molecule has 0 radical (unpaired) electrons. The molecule has 3 rings (SSSR count). The Kier molecular flexibility index (Phi) is 8.36. The Balaban J connectivity index is 1.57. The molecule has 0 N–H and O–H groups in total. The van der Waals surface area contributed by atoms with E-state index in [9.17, 15) is 9.59 Å². The standard InChI is InChI=1S/2C9H10O3.C6H5.Sb/c2*1-7-2-4-8(5-3-7)12-6-9(10)11;1-2-4-6-5-3-1;/h2*2-5H,6H2,1H3,(H,10,11);1-5H;/q;;;+2/p-2. The van der Waals surface area contributed by atoms with Gasteiger partial charge in [-0.2, -0.15) is 0 Å². The van der Waals surface area contributed by atoms with E-state index < -0.39 is 33.0 Å². The summed E-state index contributed by atoms with van der Waals surface area (Å²) in [6.45, 7) is 3.39. The van der Waals surface area contributed by atoms with E-state index in [1.54, 1.807) is 48.5 Å². The van der Waals surface area contributed by atoms with Crippen LogP contribution in [0.3, 0.4) is 0 Å². The van der Waals surface area contributed by atoms with Crippen LogP contribution in [0.25, 0.3) is 0 Å². The quantitative estimate of drug-likeness (QED) is 0.397. The van der Waals surface area contributed by atoms with Crippen LogP contribution in [0.5, 0.6) is 11.5 Å². The summed E-state index contributed by atoms with van der Waals surface area (Å²) in [6, 6.07) is 23.7. The number of benzene rings is 3. The molecule has 0 saturated heterocycles. The number of hydrogen-bond acceptors (Lipinski definition) is 6. The third-order valence-corrected chi connectivity index (χ3v) is 8.26. The summed E-state index contributed by atoms with van der Waals surface area (Å²) in [5.74, 6) is -0.0389. The molecule has 3 aromatic carbocycles. The van der Waals surface area contributed by atoms with E-state index in [0.29, 0.717) is 15.0 Å². The molecule has 160 valence electrons. The zero-order valence-corrected chi connectivity index (χ0v) is 19.9. The first-order valence-corrected chi connectivity index (χ1v) is 13.0. The number of ether oxygens (including phenoxy) is 2. The van der Waals surface area contributed by atoms with E-state index in [-0.39, 0.29) is 13.2 Å². The predicted molar refractivity (Wildman–Crippen MR) is 117 cm³/mol. The molecule has 0 spiro atoms. The zero-order chi connectivity index (χ0) is 22.1. The van der Waals surface area contributed by atoms with Crippen molar-refractivity contribution in [2.45, 2.75) is 13.8 Å². The first-order chi connectivity index (χ1) is 15.0. The van der Waals surface area contributed by atoms with Crippen molar-refractivity contribution in [3.05, 3.63) is 90.0 Å². The Hall–Kier alpha value is -2.98. The van der Waals surface area contributed by atoms with Crippen molar-refractivity contribution in [2.75, 3.05) is 13.2 Å². The van der Waals surface area contributed by atoms with Gasteiger partial charge in [-0.1, -0.05) is 0 Å². The van der Waals surface area contributed by atoms with Gasteiger partial charge in [0, 0.05) is 0 Å². The van der Waals surface area contributed by atoms with Crippen molar-refractivity contribution in [1.82, 2.24) is 0 Å². The summed E-state index contributed by atoms with van der Waals surface area (Å²) < 4.78 is 22.7. The Labute approximate surface area is 189 Å². The molecular weight excluding hydrogens is 506 g/mol. The van der Waals surface area contributed by atoms with E-state index in [2.05, 4.69) is 0 Å². The second-order valence-corrected chi connectivity index (χ2v) is 10.7. The van der Waals surface area contributed by atoms with Gasteiger partial charge in [-0.25, -0.2) is 0 Å². The molecule has 0 aliphatic carbocycles. The molecule has 0 heterocycles. The topological polar surface area (TPSA) is 71.1 Å². The van der Waals surface area contributed by atoms with E-state index in [0.717, 1.165) is 11.1 Å². The van der Waals surface area contributed by atoms with Crippen LogP contribution in [0, 0.1) is 13.8 Å². The minimum absolute atomic E-state index is 0.270. The summed E-state index contributed by atoms with van der Waals surface area (Å²) in [5, 5.41) is 0. The third kappa shape index (κ3) is 7.65. The van der Waals surface area contributed by atoms with Crippen LogP contribution in [0.2, 0.25) is 0 Å². The second-order valence-electron chi connectivity index (χ2n) is 6.72. The van der Waals surface area contributed by atoms with Gasteiger partial charge in [0.25, 0.3) is 0 Å². The van der Waals surface area contributed by atoms with Gasteiger partial charge in [-0.3, -0.25) is 0 Å². The second kappa shape index (κ2) is 11.4. The maximum atomic E-state index is 12.3. The molecule has 31 heavy (non-hydrogen) atoms. The fourth-order valence-corrected chi connectivity index (χ4v) is 5.72. The number of carbonyl (C=O) groups is 2. The minimum atomic E-state index is -3.36. The monoisotopic (exact) mass is 528 g/mol. The summed E-state index contributed by atoms with van der Waals surface area (Å²) in [7, 11) is 0. The van der Waals surface area contributed by atoms with Gasteiger partial charge in [0.1, 0.15) is 0 Å². The molecule has 7 heteroatoms. The summed E-state index contributed by atoms with van der Waals surface area (Å²) in [4.78, 5) is 24.7. The van der Waals surface area contributed by atoms with E-state index in [1.165, 1.54) is 0 Å². The zero-order valence-electron chi connectivity index (χ0n) is 17.3. The molecular formula is C24H23O6Sb. The van der Waals surface area contributed by atoms with Crippen LogP contribution >= 0.6 is 0 Å². The third-order valence-electron chi connectivity index (χ3n) is 4.09. The van der Waals surface area contributed by atoms with Gasteiger partial charge in [0.15, 0.2) is 0 Å². The fourth-order valence-electron chi connectivity index (χ4n) is 2.46. The summed E-state index contributed by atoms with van der Waals surface area (Å²) in [5.41, 5.74) is 2.18. The maximum absolute atomic E-state index is 12.3. The van der Waals surface area contributed by atoms with Crippen LogP contribution < -0.4 is 13.0 Å². The van der Waals surface area contributed by atoms with Crippen LogP contribution in [-0.2, 0) is 15.6 Å². The Morgan fingerprint density at radius 3 is 1.48 bits per heavy atom. The van der Waals surface area contributed by atoms with Crippen molar-refractivity contribution in [2.24, 2.45) is 0 Å². The number of carbonyl (C=O) groups excluding carboxylic acids is 2. The molecule has 0 bridgehead atoms. The van der Waals surface area contributed by atoms with E-state index in [4.69, 9.17) is 15.5 Å². The number of hydrogen-bond donors (Lipinski definition) is 0. The fraction of sp³-hybridized carbons (Fsp3) is 0.167. The average molecular weight is 529 g/mol. The molecule has 3 aromatic rings. The van der Waals surface area contributed by atoms with Crippen molar-refractivity contribution in [3.63, 3.8) is 0 Å². The van der Waals surface area contributed by atoms with E-state index in [1.807, 2.05) is 44.2 Å². The normalized spacial score (nSPS) is 10.4. The number of aryl methyl sites for hydroxylation is 2. The van der Waals surface area contributed by atoms with Gasteiger partial charge in [-0.05, 0) is 0 Å². The first kappa shape index (κ1) is 22.7. The van der Waals surface area contributed by atoms with Gasteiger partial charge in [0.2, 0.25) is 0 Å². The van der Waals surface area contributed by atoms with Gasteiger partial charge in [0.05, 0.1) is 0 Å². The summed E-state index contributed by atoms with van der Waals surface area (Å²) >= 11 is -3.36. The molecule has 0 atom stereocenters. The molecule has 0 amide bonds. The predicted octanol–water partition coefficient (Wildman–Crippen LogP) is 3.24. The Morgan fingerprint density at radius 2 is 1.06 bits per heavy atom. The summed E-state index contributed by atoms with van der Waals surface area (Å²) in [6.07, 6.45) is 0. The van der Waals surface area contributed by atoms with Crippen molar-refractivity contribution < 1.29 is 25.1 Å². The van der Waals surface area contributed by atoms with Crippen molar-refractivity contribution in [1.29, 1.82) is 0 Å². The molecule has 0 unspecified atom stereocenters. The SMILES string of the molecule is Cc1ccc(OCC(=O)[O][Sb]([O]C(=O)COc2ccc(C)cc2)[c]2ccccc2)cc1. The Morgan fingerprint density at radius 1 is 0.645 bits per heavy atom. The molecule has 0 aliphatic rings. The number of rotatable bonds is 9.